The molecule has 0 nitrogen and oxygen atoms in total. The first kappa shape index (κ1) is 14.6. The van der Waals surface area contributed by atoms with Crippen LogP contribution in [0.5, 0.6) is 0 Å². The lowest BCUT2D eigenvalue weighted by molar-refractivity contribution is -0.168. The maximum atomic E-state index is 2.72. The van der Waals surface area contributed by atoms with Crippen molar-refractivity contribution in [2.24, 2.45) is 63.6 Å². The first-order chi connectivity index (χ1) is 9.64. The molecule has 0 aromatic rings. The van der Waals surface area contributed by atoms with Gasteiger partial charge in [-0.15, -0.1) is 0 Å². The van der Waals surface area contributed by atoms with Gasteiger partial charge in [-0.1, -0.05) is 55.4 Å². The van der Waals surface area contributed by atoms with Gasteiger partial charge in [0.05, 0.1) is 0 Å². The van der Waals surface area contributed by atoms with E-state index < -0.39 is 0 Å². The molecule has 0 aromatic carbocycles. The van der Waals surface area contributed by atoms with Crippen LogP contribution in [0.25, 0.3) is 0 Å². The lowest BCUT2D eigenvalue weighted by atomic mass is 9.40. The first-order valence-corrected chi connectivity index (χ1v) is 9.64. The standard InChI is InChI=1S/C21H36/c1-11-9-19(7)12(2)10-21-15(5)17(13(3)18(11)21)14(4)20(21,8)16(19)6/h11-18H,9-10H2,1-8H3. The van der Waals surface area contributed by atoms with Crippen molar-refractivity contribution in [2.75, 3.05) is 0 Å². The summed E-state index contributed by atoms with van der Waals surface area (Å²) in [5, 5.41) is 0. The van der Waals surface area contributed by atoms with E-state index in [0.29, 0.717) is 16.2 Å². The summed E-state index contributed by atoms with van der Waals surface area (Å²) in [6.07, 6.45) is 3.00. The maximum absolute atomic E-state index is 2.72. The molecule has 11 atom stereocenters. The van der Waals surface area contributed by atoms with Gasteiger partial charge in [0.1, 0.15) is 0 Å². The van der Waals surface area contributed by atoms with E-state index in [9.17, 15) is 0 Å². The molecule has 0 heteroatoms. The molecule has 3 bridgehead atoms. The van der Waals surface area contributed by atoms with E-state index in [1.54, 1.807) is 0 Å². The first-order valence-electron chi connectivity index (χ1n) is 9.64. The minimum Gasteiger partial charge on any atom is -0.0622 e. The number of hydrogen-bond donors (Lipinski definition) is 0. The highest BCUT2D eigenvalue weighted by Crippen LogP contribution is 2.85. The van der Waals surface area contributed by atoms with E-state index in [2.05, 4.69) is 55.4 Å². The van der Waals surface area contributed by atoms with Gasteiger partial charge in [-0.2, -0.15) is 0 Å². The second kappa shape index (κ2) is 3.73. The zero-order valence-electron chi connectivity index (χ0n) is 15.5. The zero-order valence-corrected chi connectivity index (χ0v) is 15.5. The highest BCUT2D eigenvalue weighted by molar-refractivity contribution is 5.27. The molecule has 0 N–H and O–H groups in total. The van der Waals surface area contributed by atoms with Gasteiger partial charge in [-0.3, -0.25) is 0 Å². The topological polar surface area (TPSA) is 0 Å². The van der Waals surface area contributed by atoms with Gasteiger partial charge in [0, 0.05) is 0 Å². The molecule has 0 radical (unpaired) electrons. The molecular weight excluding hydrogens is 252 g/mol. The number of hydrogen-bond acceptors (Lipinski definition) is 0. The maximum Gasteiger partial charge on any atom is -0.0174 e. The van der Waals surface area contributed by atoms with Crippen LogP contribution in [0, 0.1) is 63.6 Å². The van der Waals surface area contributed by atoms with Crippen LogP contribution in [0.3, 0.4) is 0 Å². The summed E-state index contributed by atoms with van der Waals surface area (Å²) in [6.45, 7) is 21.1. The van der Waals surface area contributed by atoms with Gasteiger partial charge in [0.15, 0.2) is 0 Å². The normalized spacial score (nSPS) is 72.0. The summed E-state index contributed by atoms with van der Waals surface area (Å²) in [5.74, 6) is 7.53. The number of fused-ring (bicyclic) bond motifs is 3. The summed E-state index contributed by atoms with van der Waals surface area (Å²) in [7, 11) is 0. The van der Waals surface area contributed by atoms with Crippen molar-refractivity contribution in [3.8, 4) is 0 Å². The second-order valence-electron chi connectivity index (χ2n) is 10.4. The van der Waals surface area contributed by atoms with Crippen LogP contribution in [-0.4, -0.2) is 0 Å². The Balaban J connectivity index is 2.03. The van der Waals surface area contributed by atoms with Crippen LogP contribution < -0.4 is 0 Å². The van der Waals surface area contributed by atoms with Gasteiger partial charge in [-0.05, 0) is 76.4 Å². The van der Waals surface area contributed by atoms with Crippen molar-refractivity contribution < 1.29 is 0 Å². The molecule has 0 saturated heterocycles. The van der Waals surface area contributed by atoms with Gasteiger partial charge < -0.3 is 0 Å². The van der Waals surface area contributed by atoms with Crippen molar-refractivity contribution in [1.82, 2.24) is 0 Å². The molecule has 21 heavy (non-hydrogen) atoms. The van der Waals surface area contributed by atoms with Crippen LogP contribution in [0.15, 0.2) is 0 Å². The van der Waals surface area contributed by atoms with Crippen molar-refractivity contribution in [3.63, 3.8) is 0 Å². The van der Waals surface area contributed by atoms with Crippen LogP contribution in [0.1, 0.15) is 68.2 Å². The Morgan fingerprint density at radius 2 is 1.43 bits per heavy atom. The predicted octanol–water partition coefficient (Wildman–Crippen LogP) is 5.87. The molecule has 0 heterocycles. The Morgan fingerprint density at radius 3 is 2.05 bits per heavy atom. The van der Waals surface area contributed by atoms with Gasteiger partial charge in [-0.25, -0.2) is 0 Å². The Morgan fingerprint density at radius 1 is 0.810 bits per heavy atom. The fourth-order valence-corrected chi connectivity index (χ4v) is 9.79. The van der Waals surface area contributed by atoms with E-state index in [0.717, 1.165) is 47.3 Å². The molecule has 11 unspecified atom stereocenters. The summed E-state index contributed by atoms with van der Waals surface area (Å²) in [4.78, 5) is 0. The lowest BCUT2D eigenvalue weighted by Crippen LogP contribution is -2.59. The van der Waals surface area contributed by atoms with Crippen molar-refractivity contribution in [1.29, 1.82) is 0 Å². The molecule has 1 spiro atoms. The lowest BCUT2D eigenvalue weighted by Gasteiger charge is -2.64. The second-order valence-corrected chi connectivity index (χ2v) is 10.4. The molecule has 5 aliphatic carbocycles. The van der Waals surface area contributed by atoms with Crippen molar-refractivity contribution in [2.45, 2.75) is 68.2 Å². The predicted molar refractivity (Wildman–Crippen MR) is 89.8 cm³/mol. The average molecular weight is 289 g/mol. The van der Waals surface area contributed by atoms with E-state index in [1.165, 1.54) is 12.8 Å². The fourth-order valence-electron chi connectivity index (χ4n) is 9.79. The van der Waals surface area contributed by atoms with Crippen LogP contribution in [0.2, 0.25) is 0 Å². The molecular formula is C21H36. The smallest absolute Gasteiger partial charge is 0.0174 e. The monoisotopic (exact) mass is 288 g/mol. The van der Waals surface area contributed by atoms with E-state index in [-0.39, 0.29) is 0 Å². The third kappa shape index (κ3) is 1.15. The minimum atomic E-state index is 0.569. The van der Waals surface area contributed by atoms with Crippen LogP contribution in [-0.2, 0) is 0 Å². The molecule has 0 aromatic heterocycles. The van der Waals surface area contributed by atoms with Crippen LogP contribution >= 0.6 is 0 Å². The van der Waals surface area contributed by atoms with E-state index in [4.69, 9.17) is 0 Å². The molecule has 120 valence electrons. The summed E-state index contributed by atoms with van der Waals surface area (Å²) in [6, 6.07) is 0. The largest absolute Gasteiger partial charge is 0.0622 e. The summed E-state index contributed by atoms with van der Waals surface area (Å²) < 4.78 is 0. The molecule has 5 aliphatic rings. The van der Waals surface area contributed by atoms with E-state index >= 15 is 0 Å². The molecule has 0 aliphatic heterocycles. The average Bonchev–Trinajstić information content (AvgIpc) is 2.64. The Hall–Kier alpha value is 0. The summed E-state index contributed by atoms with van der Waals surface area (Å²) >= 11 is 0. The Kier molecular flexibility index (Phi) is 2.59. The minimum absolute atomic E-state index is 0.569. The highest BCUT2D eigenvalue weighted by Gasteiger charge is 2.80. The molecule has 0 amide bonds. The van der Waals surface area contributed by atoms with Gasteiger partial charge in [0.2, 0.25) is 0 Å². The Labute approximate surface area is 132 Å². The van der Waals surface area contributed by atoms with Crippen molar-refractivity contribution >= 4 is 0 Å². The third-order valence-electron chi connectivity index (χ3n) is 10.7. The van der Waals surface area contributed by atoms with Gasteiger partial charge in [0.25, 0.3) is 0 Å². The van der Waals surface area contributed by atoms with Gasteiger partial charge >= 0.3 is 0 Å². The zero-order chi connectivity index (χ0) is 15.5. The van der Waals surface area contributed by atoms with E-state index in [1.807, 2.05) is 0 Å². The highest BCUT2D eigenvalue weighted by atomic mass is 14.8. The number of rotatable bonds is 0. The molecule has 5 rings (SSSR count). The van der Waals surface area contributed by atoms with Crippen molar-refractivity contribution in [3.05, 3.63) is 0 Å². The SMILES string of the molecule is CC1CC2(C)C(C)CC34C(C)C(C(C)C13)C(C)C4(C)C2C. The quantitative estimate of drug-likeness (QED) is 0.523. The fraction of sp³-hybridized carbons (Fsp3) is 1.00. The Bertz CT molecular complexity index is 480. The molecule has 5 saturated carbocycles. The molecule has 5 fully saturated rings. The summed E-state index contributed by atoms with van der Waals surface area (Å²) in [5.41, 5.74) is 1.80. The third-order valence-corrected chi connectivity index (χ3v) is 10.7. The van der Waals surface area contributed by atoms with Crippen LogP contribution in [0.4, 0.5) is 0 Å².